The van der Waals surface area contributed by atoms with E-state index in [0.29, 0.717) is 18.9 Å². The molecule has 0 radical (unpaired) electrons. The van der Waals surface area contributed by atoms with Gasteiger partial charge in [0.25, 0.3) is 0 Å². The highest BCUT2D eigenvalue weighted by molar-refractivity contribution is 5.80. The average molecular weight is 369 g/mol. The van der Waals surface area contributed by atoms with Crippen LogP contribution < -0.4 is 10.6 Å². The minimum absolute atomic E-state index is 0.127. The fourth-order valence-corrected chi connectivity index (χ4v) is 3.30. The van der Waals surface area contributed by atoms with Crippen molar-refractivity contribution >= 4 is 11.9 Å². The van der Waals surface area contributed by atoms with E-state index < -0.39 is 0 Å². The molecule has 2 N–H and O–H groups in total. The molecular formula is C19H27N7O. The van der Waals surface area contributed by atoms with Gasteiger partial charge in [0.1, 0.15) is 12.1 Å². The minimum atomic E-state index is 0.127. The lowest BCUT2D eigenvalue weighted by Crippen LogP contribution is -2.45. The maximum Gasteiger partial charge on any atom is 0.220 e. The van der Waals surface area contributed by atoms with Crippen molar-refractivity contribution in [2.24, 2.45) is 10.9 Å². The van der Waals surface area contributed by atoms with Gasteiger partial charge in [-0.1, -0.05) is 6.07 Å². The van der Waals surface area contributed by atoms with Crippen LogP contribution >= 0.6 is 0 Å². The number of aliphatic imine (C=N–C) groups is 1. The number of hydrogen-bond acceptors (Lipinski definition) is 4. The third kappa shape index (κ3) is 5.06. The third-order valence-corrected chi connectivity index (χ3v) is 4.91. The molecule has 1 amide bonds. The van der Waals surface area contributed by atoms with Gasteiger partial charge in [-0.05, 0) is 30.4 Å². The standard InChI is InChI=1S/C19H27N7O/c1-20-18(27)11-15-5-8-25(9-6-15)19(21-2)24-13-16-3-4-17(23-12-16)26-10-7-22-14-26/h3-4,7,10,12,14-15H,5-6,8-9,11,13H2,1-2H3,(H,20,27)(H,21,24). The van der Waals surface area contributed by atoms with Crippen molar-refractivity contribution in [2.45, 2.75) is 25.8 Å². The lowest BCUT2D eigenvalue weighted by Gasteiger charge is -2.34. The molecule has 0 saturated carbocycles. The Morgan fingerprint density at radius 3 is 2.74 bits per heavy atom. The van der Waals surface area contributed by atoms with Crippen LogP contribution in [0.15, 0.2) is 42.0 Å². The number of likely N-dealkylation sites (tertiary alicyclic amines) is 1. The molecule has 0 aliphatic carbocycles. The number of rotatable bonds is 5. The number of pyridine rings is 1. The van der Waals surface area contributed by atoms with Gasteiger partial charge in [-0.15, -0.1) is 0 Å². The fraction of sp³-hybridized carbons (Fsp3) is 0.474. The Morgan fingerprint density at radius 1 is 1.33 bits per heavy atom. The highest BCUT2D eigenvalue weighted by Gasteiger charge is 2.22. The van der Waals surface area contributed by atoms with Gasteiger partial charge >= 0.3 is 0 Å². The second-order valence-electron chi connectivity index (χ2n) is 6.70. The molecule has 0 unspecified atom stereocenters. The molecule has 3 rings (SSSR count). The summed E-state index contributed by atoms with van der Waals surface area (Å²) in [4.78, 5) is 26.7. The van der Waals surface area contributed by atoms with Crippen LogP contribution in [0.5, 0.6) is 0 Å². The molecule has 3 heterocycles. The first-order valence-electron chi connectivity index (χ1n) is 9.29. The van der Waals surface area contributed by atoms with Gasteiger partial charge < -0.3 is 15.5 Å². The Morgan fingerprint density at radius 2 is 2.15 bits per heavy atom. The summed E-state index contributed by atoms with van der Waals surface area (Å²) >= 11 is 0. The zero-order chi connectivity index (χ0) is 19.1. The number of nitrogens with one attached hydrogen (secondary N) is 2. The van der Waals surface area contributed by atoms with E-state index in [9.17, 15) is 4.79 Å². The van der Waals surface area contributed by atoms with Crippen molar-refractivity contribution in [3.05, 3.63) is 42.6 Å². The Bertz CT molecular complexity index is 747. The summed E-state index contributed by atoms with van der Waals surface area (Å²) in [5, 5.41) is 6.12. The van der Waals surface area contributed by atoms with Crippen molar-refractivity contribution in [3.63, 3.8) is 0 Å². The second-order valence-corrected chi connectivity index (χ2v) is 6.70. The highest BCUT2D eigenvalue weighted by Crippen LogP contribution is 2.20. The summed E-state index contributed by atoms with van der Waals surface area (Å²) < 4.78 is 1.87. The topological polar surface area (TPSA) is 87.4 Å². The van der Waals surface area contributed by atoms with E-state index in [-0.39, 0.29) is 5.91 Å². The monoisotopic (exact) mass is 369 g/mol. The number of imidazole rings is 1. The van der Waals surface area contributed by atoms with Crippen LogP contribution in [-0.2, 0) is 11.3 Å². The fourth-order valence-electron chi connectivity index (χ4n) is 3.30. The van der Waals surface area contributed by atoms with Crippen molar-refractivity contribution < 1.29 is 4.79 Å². The molecule has 0 bridgehead atoms. The molecule has 2 aromatic heterocycles. The number of carbonyl (C=O) groups is 1. The average Bonchev–Trinajstić information content (AvgIpc) is 3.25. The van der Waals surface area contributed by atoms with Crippen molar-refractivity contribution in [3.8, 4) is 5.82 Å². The van der Waals surface area contributed by atoms with Gasteiger partial charge in [-0.3, -0.25) is 14.4 Å². The van der Waals surface area contributed by atoms with Crippen LogP contribution in [0.3, 0.4) is 0 Å². The summed E-state index contributed by atoms with van der Waals surface area (Å²) in [5.74, 6) is 2.33. The maximum atomic E-state index is 11.5. The molecule has 0 spiro atoms. The molecule has 0 atom stereocenters. The smallest absolute Gasteiger partial charge is 0.220 e. The van der Waals surface area contributed by atoms with Crippen LogP contribution in [0.1, 0.15) is 24.8 Å². The SMILES string of the molecule is CN=C(NCc1ccc(-n2ccnc2)nc1)N1CCC(CC(=O)NC)CC1. The molecule has 1 aliphatic rings. The van der Waals surface area contributed by atoms with E-state index in [0.717, 1.165) is 43.3 Å². The number of aromatic nitrogens is 3. The Labute approximate surface area is 159 Å². The minimum Gasteiger partial charge on any atom is -0.359 e. The van der Waals surface area contributed by atoms with Gasteiger partial charge in [-0.25, -0.2) is 9.97 Å². The van der Waals surface area contributed by atoms with Gasteiger partial charge in [0.2, 0.25) is 5.91 Å². The van der Waals surface area contributed by atoms with E-state index in [4.69, 9.17) is 0 Å². The summed E-state index contributed by atoms with van der Waals surface area (Å²) in [6.07, 6.45) is 9.84. The molecule has 144 valence electrons. The quantitative estimate of drug-likeness (QED) is 0.611. The molecule has 2 aromatic rings. The number of carbonyl (C=O) groups excluding carboxylic acids is 1. The Balaban J connectivity index is 1.49. The van der Waals surface area contributed by atoms with Gasteiger partial charge in [0.05, 0.1) is 0 Å². The molecule has 1 fully saturated rings. The lowest BCUT2D eigenvalue weighted by atomic mass is 9.93. The van der Waals surface area contributed by atoms with Crippen LogP contribution in [0.4, 0.5) is 0 Å². The first-order valence-corrected chi connectivity index (χ1v) is 9.29. The summed E-state index contributed by atoms with van der Waals surface area (Å²) in [6.45, 7) is 2.50. The number of piperidine rings is 1. The largest absolute Gasteiger partial charge is 0.359 e. The van der Waals surface area contributed by atoms with Crippen molar-refractivity contribution in [1.82, 2.24) is 30.1 Å². The number of hydrogen-bond donors (Lipinski definition) is 2. The summed E-state index contributed by atoms with van der Waals surface area (Å²) in [6, 6.07) is 4.03. The third-order valence-electron chi connectivity index (χ3n) is 4.91. The van der Waals surface area contributed by atoms with Crippen LogP contribution in [-0.4, -0.2) is 58.5 Å². The molecular weight excluding hydrogens is 342 g/mol. The van der Waals surface area contributed by atoms with E-state index in [2.05, 4.69) is 36.6 Å². The molecule has 8 heteroatoms. The molecule has 1 saturated heterocycles. The molecule has 27 heavy (non-hydrogen) atoms. The second kappa shape index (κ2) is 9.16. The van der Waals surface area contributed by atoms with E-state index in [1.807, 2.05) is 23.0 Å². The van der Waals surface area contributed by atoms with E-state index in [1.165, 1.54) is 0 Å². The van der Waals surface area contributed by atoms with Crippen LogP contribution in [0, 0.1) is 5.92 Å². The zero-order valence-electron chi connectivity index (χ0n) is 15.9. The van der Waals surface area contributed by atoms with E-state index >= 15 is 0 Å². The van der Waals surface area contributed by atoms with Crippen LogP contribution in [0.25, 0.3) is 5.82 Å². The molecule has 0 aromatic carbocycles. The highest BCUT2D eigenvalue weighted by atomic mass is 16.1. The Hall–Kier alpha value is -2.90. The molecule has 8 nitrogen and oxygen atoms in total. The van der Waals surface area contributed by atoms with Gasteiger partial charge in [0, 0.05) is 58.7 Å². The number of guanidine groups is 1. The first-order chi connectivity index (χ1) is 13.2. The number of amides is 1. The predicted molar refractivity (Wildman–Crippen MR) is 105 cm³/mol. The van der Waals surface area contributed by atoms with Crippen molar-refractivity contribution in [1.29, 1.82) is 0 Å². The molecule has 1 aliphatic heterocycles. The number of nitrogens with zero attached hydrogens (tertiary/aromatic N) is 5. The van der Waals surface area contributed by atoms with Gasteiger partial charge in [-0.2, -0.15) is 0 Å². The lowest BCUT2D eigenvalue weighted by molar-refractivity contribution is -0.121. The van der Waals surface area contributed by atoms with Crippen molar-refractivity contribution in [2.75, 3.05) is 27.2 Å². The zero-order valence-corrected chi connectivity index (χ0v) is 15.9. The normalized spacial score (nSPS) is 15.6. The van der Waals surface area contributed by atoms with E-state index in [1.54, 1.807) is 26.6 Å². The van der Waals surface area contributed by atoms with Crippen LogP contribution in [0.2, 0.25) is 0 Å². The first kappa shape index (κ1) is 18.9. The summed E-state index contributed by atoms with van der Waals surface area (Å²) in [7, 11) is 3.50. The Kier molecular flexibility index (Phi) is 6.40. The maximum absolute atomic E-state index is 11.5. The predicted octanol–water partition coefficient (Wildman–Crippen LogP) is 1.19. The van der Waals surface area contributed by atoms with Gasteiger partial charge in [0.15, 0.2) is 5.96 Å². The summed E-state index contributed by atoms with van der Waals surface area (Å²) in [5.41, 5.74) is 1.09.